The van der Waals surface area contributed by atoms with E-state index in [1.165, 1.54) is 0 Å². The Hall–Kier alpha value is -1.14. The molecule has 0 atom stereocenters. The molecule has 0 aliphatic rings. The maximum absolute atomic E-state index is 4.43. The highest BCUT2D eigenvalue weighted by Crippen LogP contribution is 2.32. The highest BCUT2D eigenvalue weighted by molar-refractivity contribution is 8.01. The van der Waals surface area contributed by atoms with Crippen molar-refractivity contribution in [1.82, 2.24) is 15.0 Å². The Labute approximate surface area is 103 Å². The fraction of sp³-hybridized carbons (Fsp3) is 0.300. The second kappa shape index (κ2) is 4.80. The fourth-order valence-electron chi connectivity index (χ4n) is 1.29. The number of hydrogen-bond acceptors (Lipinski definition) is 6. The van der Waals surface area contributed by atoms with Crippen molar-refractivity contribution in [1.29, 1.82) is 0 Å². The molecule has 0 aliphatic carbocycles. The summed E-state index contributed by atoms with van der Waals surface area (Å²) >= 11 is 3.20. The smallest absolute Gasteiger partial charge is 0.156 e. The van der Waals surface area contributed by atoms with E-state index in [2.05, 4.69) is 20.3 Å². The van der Waals surface area contributed by atoms with Gasteiger partial charge < -0.3 is 5.32 Å². The molecular formula is C10H12N4S2. The molecule has 84 valence electrons. The number of hydrogen-bond donors (Lipinski definition) is 1. The topological polar surface area (TPSA) is 50.7 Å². The highest BCUT2D eigenvalue weighted by Gasteiger charge is 2.10. The molecule has 0 saturated carbocycles. The first-order valence-corrected chi connectivity index (χ1v) is 6.50. The van der Waals surface area contributed by atoms with E-state index in [1.807, 2.05) is 26.3 Å². The Morgan fingerprint density at radius 1 is 1.31 bits per heavy atom. The van der Waals surface area contributed by atoms with Crippen molar-refractivity contribution in [2.45, 2.75) is 23.2 Å². The molecule has 0 bridgehead atoms. The Balaban J connectivity index is 2.36. The van der Waals surface area contributed by atoms with Gasteiger partial charge in [0.1, 0.15) is 16.7 Å². The molecule has 0 saturated heterocycles. The van der Waals surface area contributed by atoms with Crippen molar-refractivity contribution in [3.8, 4) is 0 Å². The van der Waals surface area contributed by atoms with Gasteiger partial charge in [0.25, 0.3) is 0 Å². The third-order valence-electron chi connectivity index (χ3n) is 2.04. The number of aryl methyl sites for hydroxylation is 1. The monoisotopic (exact) mass is 252 g/mol. The van der Waals surface area contributed by atoms with Crippen molar-refractivity contribution in [2.24, 2.45) is 0 Å². The molecule has 6 heteroatoms. The molecule has 0 radical (unpaired) electrons. The summed E-state index contributed by atoms with van der Waals surface area (Å²) in [4.78, 5) is 13.0. The zero-order valence-electron chi connectivity index (χ0n) is 9.31. The first kappa shape index (κ1) is 11.3. The van der Waals surface area contributed by atoms with Gasteiger partial charge in [0, 0.05) is 24.2 Å². The number of nitrogens with zero attached hydrogens (tertiary/aromatic N) is 3. The summed E-state index contributed by atoms with van der Waals surface area (Å²) < 4.78 is 1.00. The van der Waals surface area contributed by atoms with E-state index in [9.17, 15) is 0 Å². The normalized spacial score (nSPS) is 10.4. The minimum Gasteiger partial charge on any atom is -0.373 e. The van der Waals surface area contributed by atoms with Crippen LogP contribution in [0.25, 0.3) is 0 Å². The number of nitrogens with one attached hydrogen (secondary N) is 1. The summed E-state index contributed by atoms with van der Waals surface area (Å²) in [6, 6.07) is 0. The molecule has 16 heavy (non-hydrogen) atoms. The van der Waals surface area contributed by atoms with Crippen molar-refractivity contribution in [3.05, 3.63) is 23.0 Å². The van der Waals surface area contributed by atoms with Crippen LogP contribution in [-0.2, 0) is 0 Å². The van der Waals surface area contributed by atoms with Crippen LogP contribution >= 0.6 is 23.1 Å². The Bertz CT molecular complexity index is 482. The van der Waals surface area contributed by atoms with Crippen molar-refractivity contribution < 1.29 is 0 Å². The number of anilines is 1. The maximum atomic E-state index is 4.43. The largest absolute Gasteiger partial charge is 0.373 e. The highest BCUT2D eigenvalue weighted by atomic mass is 32.2. The molecular weight excluding hydrogens is 240 g/mol. The molecule has 1 N–H and O–H groups in total. The predicted octanol–water partition coefficient (Wildman–Crippen LogP) is 2.74. The van der Waals surface area contributed by atoms with Crippen LogP contribution < -0.4 is 5.32 Å². The lowest BCUT2D eigenvalue weighted by atomic mass is 10.3. The van der Waals surface area contributed by atoms with Crippen LogP contribution in [0.5, 0.6) is 0 Å². The van der Waals surface area contributed by atoms with Crippen LogP contribution in [0.2, 0.25) is 0 Å². The van der Waals surface area contributed by atoms with Gasteiger partial charge in [0.15, 0.2) is 4.34 Å². The van der Waals surface area contributed by atoms with Gasteiger partial charge in [-0.1, -0.05) is 0 Å². The van der Waals surface area contributed by atoms with Crippen LogP contribution in [0.4, 0.5) is 5.82 Å². The van der Waals surface area contributed by atoms with Gasteiger partial charge in [-0.25, -0.2) is 15.0 Å². The van der Waals surface area contributed by atoms with Gasteiger partial charge >= 0.3 is 0 Å². The van der Waals surface area contributed by atoms with Crippen LogP contribution in [0.15, 0.2) is 20.9 Å². The molecule has 2 heterocycles. The summed E-state index contributed by atoms with van der Waals surface area (Å²) in [5, 5.41) is 6.00. The fourth-order valence-corrected chi connectivity index (χ4v) is 2.95. The second-order valence-electron chi connectivity index (χ2n) is 3.20. The van der Waals surface area contributed by atoms with E-state index in [-0.39, 0.29) is 0 Å². The molecule has 0 aliphatic heterocycles. The van der Waals surface area contributed by atoms with Crippen LogP contribution in [0.3, 0.4) is 0 Å². The number of thiazole rings is 1. The van der Waals surface area contributed by atoms with Crippen molar-refractivity contribution in [3.63, 3.8) is 0 Å². The van der Waals surface area contributed by atoms with E-state index < -0.39 is 0 Å². The quantitative estimate of drug-likeness (QED) is 0.851. The van der Waals surface area contributed by atoms with Gasteiger partial charge in [-0.3, -0.25) is 0 Å². The predicted molar refractivity (Wildman–Crippen MR) is 67.3 cm³/mol. The summed E-state index contributed by atoms with van der Waals surface area (Å²) in [6.45, 7) is 3.91. The Kier molecular flexibility index (Phi) is 3.40. The van der Waals surface area contributed by atoms with Crippen LogP contribution in [0, 0.1) is 13.8 Å². The summed E-state index contributed by atoms with van der Waals surface area (Å²) in [6.07, 6.45) is 1.80. The molecule has 2 aromatic heterocycles. The minimum atomic E-state index is 0.772. The zero-order chi connectivity index (χ0) is 11.5. The average Bonchev–Trinajstić information content (AvgIpc) is 2.75. The van der Waals surface area contributed by atoms with Gasteiger partial charge in [-0.15, -0.1) is 11.3 Å². The van der Waals surface area contributed by atoms with Gasteiger partial charge in [0.2, 0.25) is 0 Å². The SMILES string of the molecule is CNc1nc(C)nc(Sc2nccs2)c1C. The minimum absolute atomic E-state index is 0.772. The average molecular weight is 252 g/mol. The number of aromatic nitrogens is 3. The summed E-state index contributed by atoms with van der Waals surface area (Å²) in [5.41, 5.74) is 1.06. The third-order valence-corrected chi connectivity index (χ3v) is 4.02. The standard InChI is InChI=1S/C10H12N4S2/c1-6-8(11-3)13-7(2)14-9(6)16-10-12-4-5-15-10/h4-5H,1-3H3,(H,11,13,14). The van der Waals surface area contributed by atoms with E-state index in [0.29, 0.717) is 0 Å². The lowest BCUT2D eigenvalue weighted by Gasteiger charge is -2.08. The first-order chi connectivity index (χ1) is 7.70. The Morgan fingerprint density at radius 2 is 2.12 bits per heavy atom. The third kappa shape index (κ3) is 2.33. The molecule has 0 aromatic carbocycles. The molecule has 0 spiro atoms. The van der Waals surface area contributed by atoms with E-state index in [1.54, 1.807) is 29.3 Å². The second-order valence-corrected chi connectivity index (χ2v) is 5.33. The lowest BCUT2D eigenvalue weighted by Crippen LogP contribution is -2.01. The number of rotatable bonds is 3. The van der Waals surface area contributed by atoms with Crippen molar-refractivity contribution >= 4 is 28.9 Å². The van der Waals surface area contributed by atoms with E-state index >= 15 is 0 Å². The zero-order valence-corrected chi connectivity index (χ0v) is 10.9. The first-order valence-electron chi connectivity index (χ1n) is 4.81. The van der Waals surface area contributed by atoms with Gasteiger partial charge in [0.05, 0.1) is 0 Å². The molecule has 4 nitrogen and oxygen atoms in total. The summed E-state index contributed by atoms with van der Waals surface area (Å²) in [7, 11) is 1.87. The van der Waals surface area contributed by atoms with Crippen molar-refractivity contribution in [2.75, 3.05) is 12.4 Å². The molecule has 0 unspecified atom stereocenters. The van der Waals surface area contributed by atoms with Gasteiger partial charge in [-0.2, -0.15) is 0 Å². The molecule has 0 fully saturated rings. The van der Waals surface area contributed by atoms with Crippen LogP contribution in [-0.4, -0.2) is 22.0 Å². The Morgan fingerprint density at radius 3 is 2.75 bits per heavy atom. The molecule has 0 amide bonds. The van der Waals surface area contributed by atoms with Crippen LogP contribution in [0.1, 0.15) is 11.4 Å². The maximum Gasteiger partial charge on any atom is 0.156 e. The molecule has 2 aromatic rings. The lowest BCUT2D eigenvalue weighted by molar-refractivity contribution is 0.940. The van der Waals surface area contributed by atoms with Gasteiger partial charge in [-0.05, 0) is 25.6 Å². The van der Waals surface area contributed by atoms with E-state index in [0.717, 1.165) is 26.6 Å². The molecule has 2 rings (SSSR count). The van der Waals surface area contributed by atoms with E-state index in [4.69, 9.17) is 0 Å². The summed E-state index contributed by atoms with van der Waals surface area (Å²) in [5.74, 6) is 1.65.